The Hall–Kier alpha value is -2.86. The Morgan fingerprint density at radius 1 is 1.14 bits per heavy atom. The first kappa shape index (κ1) is 18.5. The maximum Gasteiger partial charge on any atom is 0.170 e. The largest absolute Gasteiger partial charge is 0.497 e. The van der Waals surface area contributed by atoms with E-state index in [4.69, 9.17) is 17.0 Å². The molecule has 2 unspecified atom stereocenters. The Morgan fingerprint density at radius 2 is 2.04 bits per heavy atom. The Labute approximate surface area is 171 Å². The Balaban J connectivity index is 1.80. The quantitative estimate of drug-likeness (QED) is 0.635. The third kappa shape index (κ3) is 3.36. The zero-order valence-corrected chi connectivity index (χ0v) is 16.9. The molecule has 144 valence electrons. The highest BCUT2D eigenvalue weighted by Crippen LogP contribution is 2.39. The van der Waals surface area contributed by atoms with E-state index in [1.165, 1.54) is 5.69 Å². The molecule has 1 aliphatic heterocycles. The van der Waals surface area contributed by atoms with Crippen LogP contribution in [0.4, 0.5) is 0 Å². The van der Waals surface area contributed by atoms with Crippen molar-refractivity contribution in [2.24, 2.45) is 0 Å². The van der Waals surface area contributed by atoms with E-state index in [-0.39, 0.29) is 12.1 Å². The molecule has 3 aromatic rings. The number of pyridine rings is 1. The summed E-state index contributed by atoms with van der Waals surface area (Å²) in [4.78, 5) is 6.88. The van der Waals surface area contributed by atoms with E-state index in [1.54, 1.807) is 7.11 Å². The third-order valence-corrected chi connectivity index (χ3v) is 5.43. The molecule has 0 amide bonds. The molecule has 4 rings (SSSR count). The highest BCUT2D eigenvalue weighted by Gasteiger charge is 2.40. The van der Waals surface area contributed by atoms with Gasteiger partial charge in [0.25, 0.3) is 0 Å². The molecule has 2 atom stereocenters. The predicted molar refractivity (Wildman–Crippen MR) is 115 cm³/mol. The number of hydrogen-bond donors (Lipinski definition) is 1. The summed E-state index contributed by atoms with van der Waals surface area (Å²) in [6, 6.07) is 18.4. The summed E-state index contributed by atoms with van der Waals surface area (Å²) in [7, 11) is 1.69. The second kappa shape index (κ2) is 8.02. The van der Waals surface area contributed by atoms with Crippen molar-refractivity contribution in [3.8, 4) is 11.4 Å². The van der Waals surface area contributed by atoms with Crippen molar-refractivity contribution in [3.05, 3.63) is 78.4 Å². The first-order valence-electron chi connectivity index (χ1n) is 9.52. The van der Waals surface area contributed by atoms with E-state index in [0.29, 0.717) is 0 Å². The summed E-state index contributed by atoms with van der Waals surface area (Å²) >= 11 is 5.69. The van der Waals surface area contributed by atoms with Crippen LogP contribution in [0.15, 0.2) is 67.0 Å². The van der Waals surface area contributed by atoms with Crippen molar-refractivity contribution in [1.29, 1.82) is 0 Å². The van der Waals surface area contributed by atoms with Gasteiger partial charge in [0.05, 0.1) is 24.9 Å². The van der Waals surface area contributed by atoms with E-state index >= 15 is 0 Å². The lowest BCUT2D eigenvalue weighted by Crippen LogP contribution is -2.31. The minimum atomic E-state index is -0.000456. The van der Waals surface area contributed by atoms with E-state index in [0.717, 1.165) is 35.2 Å². The van der Waals surface area contributed by atoms with Crippen molar-refractivity contribution in [1.82, 2.24) is 19.8 Å². The van der Waals surface area contributed by atoms with E-state index in [2.05, 4.69) is 57.2 Å². The molecular weight excluding hydrogens is 368 g/mol. The van der Waals surface area contributed by atoms with Crippen LogP contribution in [0.2, 0.25) is 0 Å². The number of benzene rings is 1. The van der Waals surface area contributed by atoms with Crippen LogP contribution < -0.4 is 10.1 Å². The number of ether oxygens (including phenoxy) is 1. The van der Waals surface area contributed by atoms with Crippen LogP contribution in [0.5, 0.6) is 5.75 Å². The van der Waals surface area contributed by atoms with Crippen LogP contribution in [0.25, 0.3) is 5.69 Å². The normalized spacial score (nSPS) is 18.9. The molecule has 5 nitrogen and oxygen atoms in total. The first-order valence-corrected chi connectivity index (χ1v) is 9.93. The highest BCUT2D eigenvalue weighted by molar-refractivity contribution is 7.80. The molecule has 0 aliphatic carbocycles. The van der Waals surface area contributed by atoms with Gasteiger partial charge < -0.3 is 19.5 Å². The van der Waals surface area contributed by atoms with E-state index < -0.39 is 0 Å². The van der Waals surface area contributed by atoms with Crippen LogP contribution >= 0.6 is 12.2 Å². The molecule has 1 aliphatic rings. The minimum Gasteiger partial charge on any atom is -0.497 e. The van der Waals surface area contributed by atoms with Crippen molar-refractivity contribution < 1.29 is 4.74 Å². The molecule has 0 saturated carbocycles. The van der Waals surface area contributed by atoms with Crippen molar-refractivity contribution in [3.63, 3.8) is 0 Å². The van der Waals surface area contributed by atoms with Gasteiger partial charge >= 0.3 is 0 Å². The summed E-state index contributed by atoms with van der Waals surface area (Å²) in [5, 5.41) is 4.28. The zero-order valence-electron chi connectivity index (χ0n) is 16.1. The molecule has 2 aromatic heterocycles. The summed E-state index contributed by atoms with van der Waals surface area (Å²) in [5.41, 5.74) is 3.23. The molecule has 0 bridgehead atoms. The minimum absolute atomic E-state index is 0.000456. The standard InChI is InChI=1S/C22H24N4OS/c1-3-13-26-21(20(24-22(26)28)18-10-4-5-12-23-18)19-11-7-14-25(19)16-8-6-9-17(15-16)27-2/h4-12,14-15,20-21H,3,13H2,1-2H3,(H,24,28). The molecule has 1 aromatic carbocycles. The van der Waals surface area contributed by atoms with Gasteiger partial charge in [-0.25, -0.2) is 0 Å². The molecule has 6 heteroatoms. The van der Waals surface area contributed by atoms with Crippen molar-refractivity contribution in [2.45, 2.75) is 25.4 Å². The molecule has 1 fully saturated rings. The van der Waals surface area contributed by atoms with Crippen molar-refractivity contribution >= 4 is 17.3 Å². The van der Waals surface area contributed by atoms with E-state index in [1.807, 2.05) is 36.5 Å². The van der Waals surface area contributed by atoms with Gasteiger partial charge in [0.15, 0.2) is 5.11 Å². The molecule has 28 heavy (non-hydrogen) atoms. The first-order chi connectivity index (χ1) is 13.7. The fourth-order valence-electron chi connectivity index (χ4n) is 3.84. The lowest BCUT2D eigenvalue weighted by Gasteiger charge is -2.28. The number of methoxy groups -OCH3 is 1. The van der Waals surface area contributed by atoms with Gasteiger partial charge in [-0.2, -0.15) is 0 Å². The molecule has 0 radical (unpaired) electrons. The Morgan fingerprint density at radius 3 is 2.79 bits per heavy atom. The zero-order chi connectivity index (χ0) is 19.5. The number of aromatic nitrogens is 2. The number of rotatable bonds is 6. The fourth-order valence-corrected chi connectivity index (χ4v) is 4.17. The predicted octanol–water partition coefficient (Wildman–Crippen LogP) is 4.26. The van der Waals surface area contributed by atoms with Gasteiger partial charge in [-0.1, -0.05) is 19.1 Å². The summed E-state index contributed by atoms with van der Waals surface area (Å²) in [6.07, 6.45) is 4.94. The van der Waals surface area contributed by atoms with Crippen molar-refractivity contribution in [2.75, 3.05) is 13.7 Å². The monoisotopic (exact) mass is 392 g/mol. The van der Waals surface area contributed by atoms with Crippen LogP contribution in [0.3, 0.4) is 0 Å². The van der Waals surface area contributed by atoms with Gasteiger partial charge in [-0.05, 0) is 55.0 Å². The number of nitrogens with zero attached hydrogens (tertiary/aromatic N) is 3. The van der Waals surface area contributed by atoms with Gasteiger partial charge in [-0.3, -0.25) is 4.98 Å². The lowest BCUT2D eigenvalue weighted by molar-refractivity contribution is 0.309. The third-order valence-electron chi connectivity index (χ3n) is 5.08. The maximum atomic E-state index is 5.69. The van der Waals surface area contributed by atoms with Gasteiger partial charge in [-0.15, -0.1) is 0 Å². The van der Waals surface area contributed by atoms with Crippen LogP contribution in [0.1, 0.15) is 36.8 Å². The number of thiocarbonyl (C=S) groups is 1. The Kier molecular flexibility index (Phi) is 5.30. The van der Waals surface area contributed by atoms with Crippen LogP contribution in [0, 0.1) is 0 Å². The second-order valence-electron chi connectivity index (χ2n) is 6.82. The van der Waals surface area contributed by atoms with Crippen LogP contribution in [-0.2, 0) is 0 Å². The number of hydrogen-bond acceptors (Lipinski definition) is 3. The number of nitrogens with one attached hydrogen (secondary N) is 1. The Bertz CT molecular complexity index is 956. The van der Waals surface area contributed by atoms with Gasteiger partial charge in [0, 0.05) is 36.4 Å². The maximum absolute atomic E-state index is 5.69. The molecular formula is C22H24N4OS. The van der Waals surface area contributed by atoms with Gasteiger partial charge in [0.2, 0.25) is 0 Å². The molecule has 0 spiro atoms. The van der Waals surface area contributed by atoms with E-state index in [9.17, 15) is 0 Å². The molecule has 3 heterocycles. The average Bonchev–Trinajstić information content (AvgIpc) is 3.34. The van der Waals surface area contributed by atoms with Gasteiger partial charge in [0.1, 0.15) is 5.75 Å². The fraction of sp³-hybridized carbons (Fsp3) is 0.273. The smallest absolute Gasteiger partial charge is 0.170 e. The van der Waals surface area contributed by atoms with Crippen LogP contribution in [-0.4, -0.2) is 33.2 Å². The summed E-state index contributed by atoms with van der Waals surface area (Å²) < 4.78 is 7.63. The highest BCUT2D eigenvalue weighted by atomic mass is 32.1. The average molecular weight is 393 g/mol. The second-order valence-corrected chi connectivity index (χ2v) is 7.21. The molecule has 1 saturated heterocycles. The lowest BCUT2D eigenvalue weighted by atomic mass is 10.0. The summed E-state index contributed by atoms with van der Waals surface area (Å²) in [6.45, 7) is 3.07. The summed E-state index contributed by atoms with van der Waals surface area (Å²) in [5.74, 6) is 0.837. The topological polar surface area (TPSA) is 42.3 Å². The SMILES string of the molecule is CCCN1C(=S)NC(c2ccccn2)C1c1cccn1-c1cccc(OC)c1. The molecule has 1 N–H and O–H groups in total.